The molecule has 0 N–H and O–H groups in total. The van der Waals surface area contributed by atoms with Gasteiger partial charge in [0.15, 0.2) is 0 Å². The number of esters is 1. The van der Waals surface area contributed by atoms with Gasteiger partial charge in [0.2, 0.25) is 5.91 Å². The molecule has 0 unspecified atom stereocenters. The summed E-state index contributed by atoms with van der Waals surface area (Å²) < 4.78 is 21.0. The topological polar surface area (TPSA) is 81.0 Å². The highest BCUT2D eigenvalue weighted by Crippen LogP contribution is 2.54. The van der Waals surface area contributed by atoms with Crippen molar-refractivity contribution in [3.63, 3.8) is 0 Å². The molecule has 5 rings (SSSR count). The zero-order valence-corrected chi connectivity index (χ0v) is 19.1. The molecule has 2 aromatic heterocycles. The van der Waals surface area contributed by atoms with Gasteiger partial charge in [-0.15, -0.1) is 11.8 Å². The molecule has 2 atom stereocenters. The summed E-state index contributed by atoms with van der Waals surface area (Å²) in [7, 11) is 0. The smallest absolute Gasteiger partial charge is 0.330 e. The van der Waals surface area contributed by atoms with Crippen molar-refractivity contribution in [3.05, 3.63) is 80.6 Å². The zero-order valence-electron chi connectivity index (χ0n) is 16.7. The number of fused-ring (bicyclic) bond motifs is 2. The number of amides is 1. The van der Waals surface area contributed by atoms with E-state index in [0.29, 0.717) is 29.9 Å². The van der Waals surface area contributed by atoms with E-state index in [1.165, 1.54) is 34.4 Å². The van der Waals surface area contributed by atoms with Gasteiger partial charge in [-0.1, -0.05) is 12.1 Å². The molecule has 2 aliphatic rings. The van der Waals surface area contributed by atoms with Crippen molar-refractivity contribution >= 4 is 45.2 Å². The van der Waals surface area contributed by atoms with Crippen LogP contribution in [0.2, 0.25) is 0 Å². The number of aromatic nitrogens is 2. The fourth-order valence-electron chi connectivity index (χ4n) is 4.27. The lowest BCUT2D eigenvalue weighted by molar-refractivity contribution is -0.155. The first kappa shape index (κ1) is 21.1. The molecule has 2 aliphatic heterocycles. The van der Waals surface area contributed by atoms with Gasteiger partial charge in [-0.05, 0) is 52.2 Å². The lowest BCUT2D eigenvalue weighted by Gasteiger charge is -2.33. The van der Waals surface area contributed by atoms with E-state index in [2.05, 4.69) is 20.9 Å². The van der Waals surface area contributed by atoms with Gasteiger partial charge in [0.05, 0.1) is 5.69 Å². The molecule has 4 heterocycles. The Kier molecular flexibility index (Phi) is 5.29. The number of halogens is 2. The van der Waals surface area contributed by atoms with Crippen LogP contribution >= 0.6 is 27.7 Å². The summed E-state index contributed by atoms with van der Waals surface area (Å²) in [6.07, 6.45) is 2.47. The number of hydrogen-bond acceptors (Lipinski definition) is 6. The predicted molar refractivity (Wildman–Crippen MR) is 119 cm³/mol. The number of pyridine rings is 1. The minimum absolute atomic E-state index is 0.131. The Morgan fingerprint density at radius 3 is 2.81 bits per heavy atom. The maximum absolute atomic E-state index is 13.4. The molecular weight excluding hydrogens is 501 g/mol. The van der Waals surface area contributed by atoms with Crippen LogP contribution < -0.4 is 5.56 Å². The van der Waals surface area contributed by atoms with Crippen molar-refractivity contribution in [3.8, 4) is 0 Å². The van der Waals surface area contributed by atoms with Crippen molar-refractivity contribution in [2.75, 3.05) is 5.75 Å². The Hall–Kier alpha value is -2.72. The molecule has 1 aromatic carbocycles. The summed E-state index contributed by atoms with van der Waals surface area (Å²) in [6.45, 7) is -0.173. The highest BCUT2D eigenvalue weighted by Gasteiger charge is 2.57. The summed E-state index contributed by atoms with van der Waals surface area (Å²) >= 11 is 4.81. The lowest BCUT2D eigenvalue weighted by atomic mass is 10.0. The van der Waals surface area contributed by atoms with Crippen LogP contribution in [-0.2, 0) is 25.8 Å². The van der Waals surface area contributed by atoms with E-state index in [9.17, 15) is 18.8 Å². The molecule has 0 bridgehead atoms. The van der Waals surface area contributed by atoms with Crippen molar-refractivity contribution in [2.45, 2.75) is 30.4 Å². The maximum atomic E-state index is 13.4. The zero-order chi connectivity index (χ0) is 22.5. The molecule has 10 heteroatoms. The standard InChI is InChI=1S/C22H17BrFN3O4S/c23-14-3-6-18-25-16(9-20(29)26(18)10-14)11-31-21(30)17-12-32-22(8-7-19(28)27(17)22)13-1-4-15(24)5-2-13/h1-6,9-10,17H,7-8,11-12H2/t17-,22-/m0/s1. The molecule has 0 radical (unpaired) electrons. The first-order valence-corrected chi connectivity index (χ1v) is 11.7. The summed E-state index contributed by atoms with van der Waals surface area (Å²) in [5.41, 5.74) is 1.27. The summed E-state index contributed by atoms with van der Waals surface area (Å²) in [5, 5.41) is 0. The van der Waals surface area contributed by atoms with Crippen LogP contribution in [0.4, 0.5) is 4.39 Å². The molecule has 1 amide bonds. The number of carbonyl (C=O) groups is 2. The summed E-state index contributed by atoms with van der Waals surface area (Å²) in [5.74, 6) is -0.654. The molecule has 0 spiro atoms. The van der Waals surface area contributed by atoms with Gasteiger partial charge in [0, 0.05) is 28.9 Å². The van der Waals surface area contributed by atoms with Gasteiger partial charge in [-0.25, -0.2) is 14.2 Å². The summed E-state index contributed by atoms with van der Waals surface area (Å²) in [4.78, 5) is 43.2. The SMILES string of the molecule is O=C(OCc1cc(=O)n2cc(Br)ccc2n1)[C@@H]1CS[C@]2(c3ccc(F)cc3)CCC(=O)N12. The Labute approximate surface area is 194 Å². The normalized spacial score (nSPS) is 22.4. The number of thioether (sulfide) groups is 1. The third kappa shape index (κ3) is 3.51. The number of benzene rings is 1. The number of rotatable bonds is 4. The van der Waals surface area contributed by atoms with Crippen molar-refractivity contribution in [1.29, 1.82) is 0 Å². The number of hydrogen-bond donors (Lipinski definition) is 0. The lowest BCUT2D eigenvalue weighted by Crippen LogP contribution is -2.46. The average molecular weight is 518 g/mol. The Morgan fingerprint density at radius 1 is 1.25 bits per heavy atom. The van der Waals surface area contributed by atoms with Gasteiger partial charge in [0.1, 0.15) is 29.0 Å². The quantitative estimate of drug-likeness (QED) is 0.494. The predicted octanol–water partition coefficient (Wildman–Crippen LogP) is 3.23. The van der Waals surface area contributed by atoms with Gasteiger partial charge >= 0.3 is 5.97 Å². The third-order valence-electron chi connectivity index (χ3n) is 5.73. The van der Waals surface area contributed by atoms with Gasteiger partial charge in [-0.2, -0.15) is 0 Å². The minimum atomic E-state index is -0.752. The van der Waals surface area contributed by atoms with Crippen LogP contribution in [0.3, 0.4) is 0 Å². The average Bonchev–Trinajstić information content (AvgIpc) is 3.32. The second-order valence-corrected chi connectivity index (χ2v) is 9.86. The molecule has 2 fully saturated rings. The van der Waals surface area contributed by atoms with E-state index >= 15 is 0 Å². The highest BCUT2D eigenvalue weighted by atomic mass is 79.9. The van der Waals surface area contributed by atoms with Gasteiger partial charge < -0.3 is 9.64 Å². The Bertz CT molecular complexity index is 1300. The van der Waals surface area contributed by atoms with E-state index in [-0.39, 0.29) is 23.9 Å². The Balaban J connectivity index is 1.36. The van der Waals surface area contributed by atoms with E-state index in [1.807, 2.05) is 0 Å². The van der Waals surface area contributed by atoms with Gasteiger partial charge in [-0.3, -0.25) is 14.0 Å². The second kappa shape index (κ2) is 8.00. The second-order valence-electron chi connectivity index (χ2n) is 7.65. The third-order valence-corrected chi connectivity index (χ3v) is 7.80. The van der Waals surface area contributed by atoms with Crippen molar-refractivity contribution < 1.29 is 18.7 Å². The van der Waals surface area contributed by atoms with Crippen LogP contribution in [0.25, 0.3) is 5.65 Å². The fraction of sp³-hybridized carbons (Fsp3) is 0.273. The van der Waals surface area contributed by atoms with Gasteiger partial charge in [0.25, 0.3) is 5.56 Å². The van der Waals surface area contributed by atoms with E-state index in [0.717, 1.165) is 10.0 Å². The number of nitrogens with zero attached hydrogens (tertiary/aromatic N) is 3. The largest absolute Gasteiger partial charge is 0.458 e. The van der Waals surface area contributed by atoms with Crippen LogP contribution in [0.1, 0.15) is 24.1 Å². The number of carbonyl (C=O) groups excluding carboxylic acids is 2. The van der Waals surface area contributed by atoms with Crippen LogP contribution in [0.5, 0.6) is 0 Å². The van der Waals surface area contributed by atoms with Crippen LogP contribution in [0.15, 0.2) is 57.9 Å². The first-order valence-electron chi connectivity index (χ1n) is 9.94. The molecule has 7 nitrogen and oxygen atoms in total. The molecule has 0 aliphatic carbocycles. The van der Waals surface area contributed by atoms with Crippen molar-refractivity contribution in [2.24, 2.45) is 0 Å². The molecule has 32 heavy (non-hydrogen) atoms. The Morgan fingerprint density at radius 2 is 2.03 bits per heavy atom. The fourth-order valence-corrected chi connectivity index (χ4v) is 6.24. The van der Waals surface area contributed by atoms with E-state index in [4.69, 9.17) is 4.74 Å². The van der Waals surface area contributed by atoms with E-state index < -0.39 is 16.9 Å². The maximum Gasteiger partial charge on any atom is 0.330 e. The highest BCUT2D eigenvalue weighted by molar-refractivity contribution is 9.10. The van der Waals surface area contributed by atoms with Crippen LogP contribution in [0, 0.1) is 5.82 Å². The molecule has 0 saturated carbocycles. The van der Waals surface area contributed by atoms with Crippen molar-refractivity contribution in [1.82, 2.24) is 14.3 Å². The molecule has 3 aromatic rings. The minimum Gasteiger partial charge on any atom is -0.458 e. The van der Waals surface area contributed by atoms with Crippen LogP contribution in [-0.4, -0.2) is 38.0 Å². The molecule has 2 saturated heterocycles. The molecule has 164 valence electrons. The monoisotopic (exact) mass is 517 g/mol. The first-order chi connectivity index (χ1) is 15.4. The molecular formula is C22H17BrFN3O4S. The van der Waals surface area contributed by atoms with E-state index in [1.54, 1.807) is 35.4 Å². The number of ether oxygens (including phenoxy) is 1. The summed E-state index contributed by atoms with van der Waals surface area (Å²) in [6, 6.07) is 10.1.